The number of nitrogens with one attached hydrogen (secondary N) is 1. The quantitative estimate of drug-likeness (QED) is 0.634. The number of carboxylic acid groups (broad SMARTS) is 1. The first-order valence-electron chi connectivity index (χ1n) is 5.35. The van der Waals surface area contributed by atoms with Crippen molar-refractivity contribution in [2.75, 3.05) is 0 Å². The van der Waals surface area contributed by atoms with E-state index in [9.17, 15) is 19.7 Å². The molecule has 19 heavy (non-hydrogen) atoms. The lowest BCUT2D eigenvalue weighted by atomic mass is 10.1. The van der Waals surface area contributed by atoms with Crippen molar-refractivity contribution >= 4 is 29.2 Å². The molecule has 0 fully saturated rings. The maximum atomic E-state index is 11.9. The van der Waals surface area contributed by atoms with Gasteiger partial charge in [0.25, 0.3) is 11.6 Å². The van der Waals surface area contributed by atoms with E-state index in [0.29, 0.717) is 0 Å². The second-order valence-electron chi connectivity index (χ2n) is 3.66. The van der Waals surface area contributed by atoms with Gasteiger partial charge < -0.3 is 10.4 Å². The highest BCUT2D eigenvalue weighted by atomic mass is 35.5. The van der Waals surface area contributed by atoms with Gasteiger partial charge in [-0.3, -0.25) is 14.9 Å². The molecule has 1 aromatic carbocycles. The minimum absolute atomic E-state index is 0.105. The Kier molecular flexibility index (Phi) is 4.82. The van der Waals surface area contributed by atoms with E-state index in [1.807, 2.05) is 0 Å². The summed E-state index contributed by atoms with van der Waals surface area (Å²) in [6, 6.07) is 2.67. The molecule has 1 atom stereocenters. The molecule has 0 saturated carbocycles. The highest BCUT2D eigenvalue weighted by Crippen LogP contribution is 2.26. The Morgan fingerprint density at radius 3 is 2.63 bits per heavy atom. The minimum atomic E-state index is -1.22. The first-order chi connectivity index (χ1) is 8.88. The van der Waals surface area contributed by atoms with Gasteiger partial charge in [-0.25, -0.2) is 4.79 Å². The number of amides is 1. The lowest BCUT2D eigenvalue weighted by Gasteiger charge is -2.12. The summed E-state index contributed by atoms with van der Waals surface area (Å²) in [4.78, 5) is 32.8. The molecule has 0 heterocycles. The van der Waals surface area contributed by atoms with Gasteiger partial charge >= 0.3 is 5.97 Å². The third kappa shape index (κ3) is 3.41. The van der Waals surface area contributed by atoms with Crippen LogP contribution in [0.4, 0.5) is 5.69 Å². The molecule has 8 heteroatoms. The fourth-order valence-electron chi connectivity index (χ4n) is 1.46. The number of nitro benzene ring substituents is 1. The fourth-order valence-corrected chi connectivity index (χ4v) is 1.71. The van der Waals surface area contributed by atoms with Crippen LogP contribution in [0.15, 0.2) is 18.2 Å². The van der Waals surface area contributed by atoms with Crippen molar-refractivity contribution in [2.45, 2.75) is 19.4 Å². The molecule has 1 aromatic rings. The smallest absolute Gasteiger partial charge is 0.326 e. The lowest BCUT2D eigenvalue weighted by Crippen LogP contribution is -2.40. The van der Waals surface area contributed by atoms with E-state index in [-0.39, 0.29) is 17.0 Å². The Bertz CT molecular complexity index is 532. The Balaban J connectivity index is 3.12. The largest absolute Gasteiger partial charge is 0.480 e. The van der Waals surface area contributed by atoms with Crippen molar-refractivity contribution in [3.05, 3.63) is 38.9 Å². The van der Waals surface area contributed by atoms with Crippen LogP contribution in [0.5, 0.6) is 0 Å². The minimum Gasteiger partial charge on any atom is -0.480 e. The topological polar surface area (TPSA) is 110 Å². The van der Waals surface area contributed by atoms with Gasteiger partial charge in [0, 0.05) is 6.07 Å². The van der Waals surface area contributed by atoms with Crippen molar-refractivity contribution in [3.8, 4) is 0 Å². The number of aliphatic carboxylic acids is 1. The van der Waals surface area contributed by atoms with Crippen LogP contribution in [0.2, 0.25) is 5.02 Å². The van der Waals surface area contributed by atoms with E-state index in [1.54, 1.807) is 6.92 Å². The number of nitrogens with zero attached hydrogens (tertiary/aromatic N) is 1. The van der Waals surface area contributed by atoms with Crippen LogP contribution in [0.3, 0.4) is 0 Å². The summed E-state index contributed by atoms with van der Waals surface area (Å²) in [6.45, 7) is 1.57. The van der Waals surface area contributed by atoms with Crippen molar-refractivity contribution in [1.82, 2.24) is 5.32 Å². The molecule has 0 spiro atoms. The molecule has 0 saturated heterocycles. The molecular formula is C11H11ClN2O5. The summed E-state index contributed by atoms with van der Waals surface area (Å²) < 4.78 is 0. The second kappa shape index (κ2) is 6.14. The second-order valence-corrected chi connectivity index (χ2v) is 4.07. The molecule has 0 aliphatic carbocycles. The van der Waals surface area contributed by atoms with Crippen LogP contribution in [0.25, 0.3) is 0 Å². The van der Waals surface area contributed by atoms with Gasteiger partial charge in [0.05, 0.1) is 9.95 Å². The number of nitro groups is 1. The van der Waals surface area contributed by atoms with Gasteiger partial charge in [0.15, 0.2) is 0 Å². The van der Waals surface area contributed by atoms with Gasteiger partial charge in [-0.15, -0.1) is 0 Å². The van der Waals surface area contributed by atoms with E-state index in [0.717, 1.165) is 6.07 Å². The average Bonchev–Trinajstić information content (AvgIpc) is 2.34. The Labute approximate surface area is 113 Å². The summed E-state index contributed by atoms with van der Waals surface area (Å²) in [5.74, 6) is -2.10. The monoisotopic (exact) mass is 286 g/mol. The van der Waals surface area contributed by atoms with Crippen LogP contribution in [0, 0.1) is 10.1 Å². The molecule has 2 N–H and O–H groups in total. The maximum absolute atomic E-state index is 11.9. The van der Waals surface area contributed by atoms with Crippen molar-refractivity contribution < 1.29 is 19.6 Å². The molecule has 1 rings (SSSR count). The average molecular weight is 287 g/mol. The van der Waals surface area contributed by atoms with E-state index in [1.165, 1.54) is 12.1 Å². The number of hydrogen-bond donors (Lipinski definition) is 2. The molecule has 0 aromatic heterocycles. The zero-order chi connectivity index (χ0) is 14.6. The van der Waals surface area contributed by atoms with Crippen LogP contribution >= 0.6 is 11.6 Å². The van der Waals surface area contributed by atoms with Crippen LogP contribution < -0.4 is 5.32 Å². The third-order valence-electron chi connectivity index (χ3n) is 2.43. The molecule has 0 bridgehead atoms. The predicted octanol–water partition coefficient (Wildman–Crippen LogP) is 1.84. The summed E-state index contributed by atoms with van der Waals surface area (Å²) in [6.07, 6.45) is 0.152. The number of carbonyl (C=O) groups is 2. The molecular weight excluding hydrogens is 276 g/mol. The number of carbonyl (C=O) groups excluding carboxylic acids is 1. The summed E-state index contributed by atoms with van der Waals surface area (Å²) >= 11 is 5.76. The van der Waals surface area contributed by atoms with Gasteiger partial charge in [-0.05, 0) is 12.5 Å². The highest BCUT2D eigenvalue weighted by Gasteiger charge is 2.26. The van der Waals surface area contributed by atoms with Crippen LogP contribution in [0.1, 0.15) is 23.7 Å². The van der Waals surface area contributed by atoms with Gasteiger partial charge in [-0.2, -0.15) is 0 Å². The summed E-state index contributed by atoms with van der Waals surface area (Å²) in [5, 5.41) is 21.7. The first-order valence-corrected chi connectivity index (χ1v) is 5.72. The van der Waals surface area contributed by atoms with Crippen LogP contribution in [-0.2, 0) is 4.79 Å². The fraction of sp³-hybridized carbons (Fsp3) is 0.273. The molecule has 0 aliphatic rings. The number of carboxylic acids is 1. The Hall–Kier alpha value is -2.15. The van der Waals surface area contributed by atoms with E-state index >= 15 is 0 Å². The molecule has 0 radical (unpaired) electrons. The Morgan fingerprint density at radius 1 is 1.53 bits per heavy atom. The van der Waals surface area contributed by atoms with E-state index in [2.05, 4.69) is 5.32 Å². The van der Waals surface area contributed by atoms with Gasteiger partial charge in [0.1, 0.15) is 11.6 Å². The standard InChI is InChI=1S/C11H11ClN2O5/c1-2-7(11(16)17)13-10(15)9-6(12)4-3-5-8(9)14(18)19/h3-5,7H,2H2,1H3,(H,13,15)(H,16,17). The number of hydrogen-bond acceptors (Lipinski definition) is 4. The maximum Gasteiger partial charge on any atom is 0.326 e. The van der Waals surface area contributed by atoms with Crippen molar-refractivity contribution in [3.63, 3.8) is 0 Å². The van der Waals surface area contributed by atoms with Gasteiger partial charge in [0.2, 0.25) is 0 Å². The number of rotatable bonds is 5. The zero-order valence-corrected chi connectivity index (χ0v) is 10.7. The lowest BCUT2D eigenvalue weighted by molar-refractivity contribution is -0.385. The van der Waals surface area contributed by atoms with E-state index < -0.39 is 28.5 Å². The molecule has 102 valence electrons. The van der Waals surface area contributed by atoms with Crippen LogP contribution in [-0.4, -0.2) is 27.9 Å². The molecule has 1 unspecified atom stereocenters. The normalized spacial score (nSPS) is 11.7. The number of benzene rings is 1. The van der Waals surface area contributed by atoms with Crippen molar-refractivity contribution in [2.24, 2.45) is 0 Å². The van der Waals surface area contributed by atoms with E-state index in [4.69, 9.17) is 16.7 Å². The van der Waals surface area contributed by atoms with Gasteiger partial charge in [-0.1, -0.05) is 24.6 Å². The first kappa shape index (κ1) is 14.9. The SMILES string of the molecule is CCC(NC(=O)c1c(Cl)cccc1[N+](=O)[O-])C(=O)O. The summed E-state index contributed by atoms with van der Waals surface area (Å²) in [7, 11) is 0. The predicted molar refractivity (Wildman–Crippen MR) is 67.3 cm³/mol. The third-order valence-corrected chi connectivity index (χ3v) is 2.74. The zero-order valence-electron chi connectivity index (χ0n) is 9.92. The molecule has 7 nitrogen and oxygen atoms in total. The number of halogens is 1. The Morgan fingerprint density at radius 2 is 2.16 bits per heavy atom. The highest BCUT2D eigenvalue weighted by molar-refractivity contribution is 6.34. The molecule has 1 amide bonds. The molecule has 0 aliphatic heterocycles. The van der Waals surface area contributed by atoms with Crippen molar-refractivity contribution in [1.29, 1.82) is 0 Å². The summed E-state index contributed by atoms with van der Waals surface area (Å²) in [5.41, 5.74) is -0.806.